The molecular formula is C59H111NO4. The lowest BCUT2D eigenvalue weighted by atomic mass is 10.0. The Labute approximate surface area is 399 Å². The van der Waals surface area contributed by atoms with Gasteiger partial charge in [0.15, 0.2) is 0 Å². The van der Waals surface area contributed by atoms with Gasteiger partial charge in [0.25, 0.3) is 0 Å². The van der Waals surface area contributed by atoms with Gasteiger partial charge in [0.1, 0.15) is 0 Å². The number of allylic oxidation sites excluding steroid dienone is 7. The zero-order valence-electron chi connectivity index (χ0n) is 42.9. The van der Waals surface area contributed by atoms with E-state index in [0.29, 0.717) is 6.42 Å². The van der Waals surface area contributed by atoms with Crippen LogP contribution in [0.1, 0.15) is 296 Å². The summed E-state index contributed by atoms with van der Waals surface area (Å²) in [5, 5.41) is 33.4. The molecule has 0 heterocycles. The Hall–Kier alpha value is -1.69. The number of aliphatic hydroxyl groups excluding tert-OH is 3. The molecule has 0 rings (SSSR count). The van der Waals surface area contributed by atoms with Crippen molar-refractivity contribution in [3.05, 3.63) is 48.6 Å². The average Bonchev–Trinajstić information content (AvgIpc) is 3.29. The maximum Gasteiger partial charge on any atom is 0.222 e. The highest BCUT2D eigenvalue weighted by atomic mass is 16.3. The van der Waals surface area contributed by atoms with Crippen molar-refractivity contribution in [2.45, 2.75) is 315 Å². The third-order valence-corrected chi connectivity index (χ3v) is 13.1. The fourth-order valence-corrected chi connectivity index (χ4v) is 8.72. The van der Waals surface area contributed by atoms with E-state index in [2.05, 4.69) is 55.6 Å². The molecule has 0 aliphatic heterocycles. The first-order chi connectivity index (χ1) is 31.5. The summed E-state index contributed by atoms with van der Waals surface area (Å²) >= 11 is 0. The summed E-state index contributed by atoms with van der Waals surface area (Å²) in [6.07, 6.45) is 71.6. The molecule has 376 valence electrons. The Morgan fingerprint density at radius 1 is 0.391 bits per heavy atom. The van der Waals surface area contributed by atoms with Crippen LogP contribution in [-0.2, 0) is 4.79 Å². The molecular weight excluding hydrogens is 787 g/mol. The Morgan fingerprint density at radius 3 is 1.00 bits per heavy atom. The molecule has 3 atom stereocenters. The third-order valence-electron chi connectivity index (χ3n) is 13.1. The van der Waals surface area contributed by atoms with E-state index in [1.54, 1.807) is 6.08 Å². The SMILES string of the molecule is CCCCCCCCCCCC/C=C/CC/C=C/CC/C=C/C(O)C(CO)NC(=O)CC(O)CCCCCCCCCCCCCCC/C=C\CCCCCCCCCCCCCC. The van der Waals surface area contributed by atoms with Gasteiger partial charge in [0, 0.05) is 0 Å². The standard InChI is InChI=1S/C59H111NO4/c1-3-5-7-9-11-13-15-17-19-21-23-25-26-27-28-29-30-31-32-33-34-36-38-40-42-44-46-48-50-52-56(62)54-59(64)60-57(55-61)58(63)53-51-49-47-45-43-41-39-37-35-24-22-20-18-16-14-12-10-8-6-4-2/h27-28,35,37,43,45,51,53,56-58,61-63H,3-26,29-34,36,38-42,44,46-50,52,54-55H2,1-2H3,(H,60,64)/b28-27-,37-35+,45-43+,53-51+. The minimum absolute atomic E-state index is 0.00279. The second-order valence-electron chi connectivity index (χ2n) is 19.5. The van der Waals surface area contributed by atoms with Gasteiger partial charge in [0.2, 0.25) is 5.91 Å². The summed E-state index contributed by atoms with van der Waals surface area (Å²) in [6, 6.07) is -0.769. The molecule has 0 saturated heterocycles. The molecule has 3 unspecified atom stereocenters. The van der Waals surface area contributed by atoms with Crippen molar-refractivity contribution in [3.8, 4) is 0 Å². The van der Waals surface area contributed by atoms with Gasteiger partial charge >= 0.3 is 0 Å². The van der Waals surface area contributed by atoms with E-state index in [-0.39, 0.29) is 18.9 Å². The van der Waals surface area contributed by atoms with Crippen LogP contribution in [0.25, 0.3) is 0 Å². The van der Waals surface area contributed by atoms with E-state index in [9.17, 15) is 20.1 Å². The number of hydrogen-bond acceptors (Lipinski definition) is 4. The van der Waals surface area contributed by atoms with Crippen LogP contribution in [0.5, 0.6) is 0 Å². The molecule has 1 amide bonds. The molecule has 0 aliphatic carbocycles. The van der Waals surface area contributed by atoms with Gasteiger partial charge in [-0.2, -0.15) is 0 Å². The van der Waals surface area contributed by atoms with Gasteiger partial charge in [-0.1, -0.05) is 268 Å². The topological polar surface area (TPSA) is 89.8 Å². The summed E-state index contributed by atoms with van der Waals surface area (Å²) in [7, 11) is 0. The first kappa shape index (κ1) is 62.3. The van der Waals surface area contributed by atoms with E-state index >= 15 is 0 Å². The van der Waals surface area contributed by atoms with E-state index in [1.807, 2.05) is 6.08 Å². The summed E-state index contributed by atoms with van der Waals surface area (Å²) < 4.78 is 0. The number of rotatable bonds is 52. The fraction of sp³-hybridized carbons (Fsp3) is 0.847. The van der Waals surface area contributed by atoms with Gasteiger partial charge in [-0.05, 0) is 70.6 Å². The number of carbonyl (C=O) groups excluding carboxylic acids is 1. The number of aliphatic hydroxyl groups is 3. The molecule has 0 aromatic heterocycles. The van der Waals surface area contributed by atoms with Crippen molar-refractivity contribution in [2.75, 3.05) is 6.61 Å². The van der Waals surface area contributed by atoms with Crippen molar-refractivity contribution in [2.24, 2.45) is 0 Å². The third kappa shape index (κ3) is 49.7. The molecule has 64 heavy (non-hydrogen) atoms. The van der Waals surface area contributed by atoms with Crippen LogP contribution in [0, 0.1) is 0 Å². The maximum absolute atomic E-state index is 12.5. The summed E-state index contributed by atoms with van der Waals surface area (Å²) in [6.45, 7) is 4.22. The fourth-order valence-electron chi connectivity index (χ4n) is 8.72. The smallest absolute Gasteiger partial charge is 0.222 e. The van der Waals surface area contributed by atoms with Gasteiger partial charge in [-0.25, -0.2) is 0 Å². The minimum Gasteiger partial charge on any atom is -0.394 e. The highest BCUT2D eigenvalue weighted by Gasteiger charge is 2.20. The largest absolute Gasteiger partial charge is 0.394 e. The zero-order valence-corrected chi connectivity index (χ0v) is 42.9. The Morgan fingerprint density at radius 2 is 0.672 bits per heavy atom. The van der Waals surface area contributed by atoms with E-state index in [1.165, 1.54) is 231 Å². The average molecular weight is 899 g/mol. The van der Waals surface area contributed by atoms with Crippen LogP contribution in [-0.4, -0.2) is 46.1 Å². The Kier molecular flexibility index (Phi) is 52.5. The minimum atomic E-state index is -0.961. The molecule has 0 radical (unpaired) electrons. The van der Waals surface area contributed by atoms with Crippen molar-refractivity contribution in [3.63, 3.8) is 0 Å². The van der Waals surface area contributed by atoms with Crippen LogP contribution in [0.2, 0.25) is 0 Å². The number of amides is 1. The molecule has 0 saturated carbocycles. The van der Waals surface area contributed by atoms with E-state index < -0.39 is 18.2 Å². The lowest BCUT2D eigenvalue weighted by Crippen LogP contribution is -2.45. The van der Waals surface area contributed by atoms with Crippen LogP contribution in [0.3, 0.4) is 0 Å². The maximum atomic E-state index is 12.5. The predicted molar refractivity (Wildman–Crippen MR) is 282 cm³/mol. The highest BCUT2D eigenvalue weighted by molar-refractivity contribution is 5.76. The monoisotopic (exact) mass is 898 g/mol. The number of nitrogens with one attached hydrogen (secondary N) is 1. The molecule has 0 aliphatic rings. The number of carbonyl (C=O) groups is 1. The van der Waals surface area contributed by atoms with Gasteiger partial charge in [0.05, 0.1) is 31.3 Å². The molecule has 5 nitrogen and oxygen atoms in total. The molecule has 0 bridgehead atoms. The lowest BCUT2D eigenvalue weighted by molar-refractivity contribution is -0.124. The van der Waals surface area contributed by atoms with E-state index in [0.717, 1.165) is 38.5 Å². The second-order valence-corrected chi connectivity index (χ2v) is 19.5. The Balaban J connectivity index is 3.60. The normalized spacial score (nSPS) is 13.6. The second kappa shape index (κ2) is 53.9. The van der Waals surface area contributed by atoms with Crippen molar-refractivity contribution >= 4 is 5.91 Å². The molecule has 0 spiro atoms. The first-order valence-electron chi connectivity index (χ1n) is 28.4. The molecule has 0 aromatic rings. The van der Waals surface area contributed by atoms with Crippen LogP contribution >= 0.6 is 0 Å². The number of unbranched alkanes of at least 4 members (excludes halogenated alkanes) is 37. The first-order valence-corrected chi connectivity index (χ1v) is 28.4. The van der Waals surface area contributed by atoms with E-state index in [4.69, 9.17) is 0 Å². The highest BCUT2D eigenvalue weighted by Crippen LogP contribution is 2.17. The Bertz CT molecular complexity index is 1040. The van der Waals surface area contributed by atoms with Crippen molar-refractivity contribution in [1.29, 1.82) is 0 Å². The lowest BCUT2D eigenvalue weighted by Gasteiger charge is -2.21. The van der Waals surface area contributed by atoms with Crippen LogP contribution < -0.4 is 5.32 Å². The van der Waals surface area contributed by atoms with Crippen LogP contribution in [0.15, 0.2) is 48.6 Å². The number of hydrogen-bond donors (Lipinski definition) is 4. The molecule has 0 aromatic carbocycles. The van der Waals surface area contributed by atoms with Crippen LogP contribution in [0.4, 0.5) is 0 Å². The predicted octanol–water partition coefficient (Wildman–Crippen LogP) is 17.6. The van der Waals surface area contributed by atoms with Crippen molar-refractivity contribution < 1.29 is 20.1 Å². The van der Waals surface area contributed by atoms with Gasteiger partial charge in [-0.3, -0.25) is 4.79 Å². The van der Waals surface area contributed by atoms with Gasteiger partial charge < -0.3 is 20.6 Å². The molecule has 5 heteroatoms. The summed E-state index contributed by atoms with van der Waals surface area (Å²) in [5.41, 5.74) is 0. The van der Waals surface area contributed by atoms with Gasteiger partial charge in [-0.15, -0.1) is 0 Å². The quantitative estimate of drug-likeness (QED) is 0.0362. The zero-order chi connectivity index (χ0) is 46.5. The summed E-state index contributed by atoms with van der Waals surface area (Å²) in [4.78, 5) is 12.5. The molecule has 0 fully saturated rings. The van der Waals surface area contributed by atoms with Crippen molar-refractivity contribution in [1.82, 2.24) is 5.32 Å². The molecule has 4 N–H and O–H groups in total. The summed E-state index contributed by atoms with van der Waals surface area (Å²) in [5.74, 6) is -0.327.